The lowest BCUT2D eigenvalue weighted by Gasteiger charge is -2.24. The molecule has 1 aliphatic rings. The molecular weight excluding hydrogens is 308 g/mol. The third-order valence-corrected chi connectivity index (χ3v) is 4.50. The molecule has 0 bridgehead atoms. The smallest absolute Gasteiger partial charge is 0.226 e. The van der Waals surface area contributed by atoms with E-state index in [1.807, 2.05) is 24.3 Å². The van der Waals surface area contributed by atoms with E-state index < -0.39 is 0 Å². The van der Waals surface area contributed by atoms with Crippen LogP contribution in [0.2, 0.25) is 0 Å². The lowest BCUT2D eigenvalue weighted by atomic mass is 10.00. The predicted octanol–water partition coefficient (Wildman–Crippen LogP) is 0.871. The highest BCUT2D eigenvalue weighted by molar-refractivity contribution is 5.78. The van der Waals surface area contributed by atoms with Crippen LogP contribution in [0.1, 0.15) is 29.3 Å². The van der Waals surface area contributed by atoms with Gasteiger partial charge in [0.05, 0.1) is 19.1 Å². The Hall–Kier alpha value is -2.25. The van der Waals surface area contributed by atoms with Crippen LogP contribution in [0.5, 0.6) is 0 Å². The Bertz CT molecular complexity index is 674. The second-order valence-corrected chi connectivity index (χ2v) is 6.05. The summed E-state index contributed by atoms with van der Waals surface area (Å²) in [7, 11) is 1.78. The van der Waals surface area contributed by atoms with Gasteiger partial charge in [0.2, 0.25) is 5.91 Å². The molecule has 1 aromatic heterocycles. The minimum Gasteiger partial charge on any atom is -0.392 e. The minimum atomic E-state index is -0.0833. The van der Waals surface area contributed by atoms with Crippen molar-refractivity contribution in [2.45, 2.75) is 31.5 Å². The third-order valence-electron chi connectivity index (χ3n) is 4.50. The van der Waals surface area contributed by atoms with Crippen molar-refractivity contribution in [1.29, 1.82) is 0 Å². The quantitative estimate of drug-likeness (QED) is 0.820. The lowest BCUT2D eigenvalue weighted by Crippen LogP contribution is -2.37. The first-order valence-electron chi connectivity index (χ1n) is 8.07. The first kappa shape index (κ1) is 16.6. The maximum absolute atomic E-state index is 12.5. The molecule has 128 valence electrons. The summed E-state index contributed by atoms with van der Waals surface area (Å²) in [5, 5.41) is 16.2. The van der Waals surface area contributed by atoms with Crippen LogP contribution in [-0.2, 0) is 22.6 Å². The van der Waals surface area contributed by atoms with Crippen molar-refractivity contribution in [1.82, 2.24) is 20.1 Å². The number of hydrogen-bond acceptors (Lipinski definition) is 5. The van der Waals surface area contributed by atoms with Crippen LogP contribution in [0.25, 0.3) is 0 Å². The van der Waals surface area contributed by atoms with Gasteiger partial charge in [-0.15, -0.1) is 0 Å². The van der Waals surface area contributed by atoms with Crippen LogP contribution in [0.15, 0.2) is 30.6 Å². The van der Waals surface area contributed by atoms with Crippen LogP contribution in [0, 0.1) is 0 Å². The van der Waals surface area contributed by atoms with E-state index in [2.05, 4.69) is 15.2 Å². The van der Waals surface area contributed by atoms with Crippen LogP contribution in [-0.4, -0.2) is 57.4 Å². The maximum Gasteiger partial charge on any atom is 0.226 e. The molecule has 1 amide bonds. The van der Waals surface area contributed by atoms with E-state index in [0.717, 1.165) is 23.4 Å². The van der Waals surface area contributed by atoms with Gasteiger partial charge in [-0.25, -0.2) is 4.98 Å². The van der Waals surface area contributed by atoms with Crippen molar-refractivity contribution < 1.29 is 14.6 Å². The van der Waals surface area contributed by atoms with E-state index in [4.69, 9.17) is 4.74 Å². The molecule has 7 heteroatoms. The Labute approximate surface area is 140 Å². The van der Waals surface area contributed by atoms with Gasteiger partial charge >= 0.3 is 0 Å². The van der Waals surface area contributed by atoms with Gasteiger partial charge in [0.25, 0.3) is 0 Å². The number of aromatic amines is 1. The summed E-state index contributed by atoms with van der Waals surface area (Å²) < 4.78 is 5.78. The molecule has 0 spiro atoms. The molecule has 1 saturated heterocycles. The Morgan fingerprint density at radius 3 is 2.92 bits per heavy atom. The number of aliphatic hydroxyl groups excluding tert-OH is 1. The highest BCUT2D eigenvalue weighted by Crippen LogP contribution is 2.29. The summed E-state index contributed by atoms with van der Waals surface area (Å²) >= 11 is 0. The molecule has 0 unspecified atom stereocenters. The van der Waals surface area contributed by atoms with Crippen LogP contribution >= 0.6 is 0 Å². The number of hydrogen-bond donors (Lipinski definition) is 2. The lowest BCUT2D eigenvalue weighted by molar-refractivity contribution is -0.130. The van der Waals surface area contributed by atoms with Gasteiger partial charge in [-0.3, -0.25) is 9.89 Å². The number of carbonyl (C=O) groups is 1. The fourth-order valence-corrected chi connectivity index (χ4v) is 3.09. The zero-order valence-corrected chi connectivity index (χ0v) is 13.7. The standard InChI is InChI=1S/C17H22N4O3/c1-21(16(23)8-12-4-2-3-5-13(12)10-22)9-15-14(6-7-24-15)17-18-11-19-20-17/h2-5,11,14-15,22H,6-10H2,1H3,(H,18,19,20)/t14-,15-/m1/s1. The molecule has 2 heterocycles. The number of nitrogens with one attached hydrogen (secondary N) is 1. The van der Waals surface area contributed by atoms with Gasteiger partial charge in [0, 0.05) is 26.1 Å². The molecule has 24 heavy (non-hydrogen) atoms. The molecule has 0 saturated carbocycles. The number of benzene rings is 1. The van der Waals surface area contributed by atoms with E-state index in [1.165, 1.54) is 6.33 Å². The Morgan fingerprint density at radius 1 is 1.42 bits per heavy atom. The van der Waals surface area contributed by atoms with E-state index in [1.54, 1.807) is 11.9 Å². The molecule has 1 aliphatic heterocycles. The fraction of sp³-hybridized carbons (Fsp3) is 0.471. The molecule has 1 fully saturated rings. The molecule has 7 nitrogen and oxygen atoms in total. The number of amides is 1. The van der Waals surface area contributed by atoms with E-state index in [9.17, 15) is 9.90 Å². The van der Waals surface area contributed by atoms with Crippen molar-refractivity contribution >= 4 is 5.91 Å². The van der Waals surface area contributed by atoms with Gasteiger partial charge in [-0.05, 0) is 17.5 Å². The molecule has 2 atom stereocenters. The Morgan fingerprint density at radius 2 is 2.21 bits per heavy atom. The number of H-pyrrole nitrogens is 1. The second kappa shape index (κ2) is 7.55. The highest BCUT2D eigenvalue weighted by atomic mass is 16.5. The van der Waals surface area contributed by atoms with Crippen LogP contribution in [0.3, 0.4) is 0 Å². The summed E-state index contributed by atoms with van der Waals surface area (Å²) in [6, 6.07) is 7.45. The number of aromatic nitrogens is 3. The molecule has 0 aliphatic carbocycles. The summed E-state index contributed by atoms with van der Waals surface area (Å²) in [5.74, 6) is 0.944. The van der Waals surface area contributed by atoms with Crippen molar-refractivity contribution in [3.63, 3.8) is 0 Å². The van der Waals surface area contributed by atoms with Gasteiger partial charge < -0.3 is 14.7 Å². The Balaban J connectivity index is 1.62. The average Bonchev–Trinajstić information content (AvgIpc) is 3.26. The molecule has 2 aromatic rings. The van der Waals surface area contributed by atoms with E-state index in [0.29, 0.717) is 13.2 Å². The first-order valence-corrected chi connectivity index (χ1v) is 8.07. The highest BCUT2D eigenvalue weighted by Gasteiger charge is 2.33. The maximum atomic E-state index is 12.5. The minimum absolute atomic E-state index is 0.00252. The van der Waals surface area contributed by atoms with Crippen molar-refractivity contribution in [2.75, 3.05) is 20.2 Å². The van der Waals surface area contributed by atoms with Crippen molar-refractivity contribution in [2.24, 2.45) is 0 Å². The molecule has 1 aromatic carbocycles. The molecular formula is C17H22N4O3. The molecule has 2 N–H and O–H groups in total. The largest absolute Gasteiger partial charge is 0.392 e. The van der Waals surface area contributed by atoms with E-state index in [-0.39, 0.29) is 31.0 Å². The number of nitrogens with zero attached hydrogens (tertiary/aromatic N) is 3. The third kappa shape index (κ3) is 3.63. The number of likely N-dealkylation sites (N-methyl/N-ethyl adjacent to an activating group) is 1. The van der Waals surface area contributed by atoms with Gasteiger partial charge in [-0.1, -0.05) is 24.3 Å². The number of aliphatic hydroxyl groups is 1. The Kier molecular flexibility index (Phi) is 5.22. The number of rotatable bonds is 6. The first-order chi connectivity index (χ1) is 11.7. The summed E-state index contributed by atoms with van der Waals surface area (Å²) in [6.07, 6.45) is 2.55. The summed E-state index contributed by atoms with van der Waals surface area (Å²) in [5.41, 5.74) is 1.65. The SMILES string of the molecule is CN(C[C@H]1OCC[C@H]1c1ncn[nH]1)C(=O)Cc1ccccc1CO. The van der Waals surface area contributed by atoms with Crippen molar-refractivity contribution in [3.05, 3.63) is 47.5 Å². The predicted molar refractivity (Wildman–Crippen MR) is 87.2 cm³/mol. The van der Waals surface area contributed by atoms with Crippen LogP contribution in [0.4, 0.5) is 0 Å². The molecule has 0 radical (unpaired) electrons. The zero-order chi connectivity index (χ0) is 16.9. The summed E-state index contributed by atoms with van der Waals surface area (Å²) in [6.45, 7) is 1.10. The number of carbonyl (C=O) groups excluding carboxylic acids is 1. The van der Waals surface area contributed by atoms with Crippen molar-refractivity contribution in [3.8, 4) is 0 Å². The van der Waals surface area contributed by atoms with Gasteiger partial charge in [0.15, 0.2) is 0 Å². The average molecular weight is 330 g/mol. The normalized spacial score (nSPS) is 20.2. The second-order valence-electron chi connectivity index (χ2n) is 6.05. The van der Waals surface area contributed by atoms with Crippen LogP contribution < -0.4 is 0 Å². The van der Waals surface area contributed by atoms with Gasteiger partial charge in [-0.2, -0.15) is 5.10 Å². The zero-order valence-electron chi connectivity index (χ0n) is 13.7. The fourth-order valence-electron chi connectivity index (χ4n) is 3.09. The molecule has 3 rings (SSSR count). The monoisotopic (exact) mass is 330 g/mol. The van der Waals surface area contributed by atoms with Gasteiger partial charge in [0.1, 0.15) is 12.2 Å². The summed E-state index contributed by atoms with van der Waals surface area (Å²) in [4.78, 5) is 18.4. The number of ether oxygens (including phenoxy) is 1. The topological polar surface area (TPSA) is 91.3 Å². The van der Waals surface area contributed by atoms with E-state index >= 15 is 0 Å².